The number of pyridine rings is 1. The molecule has 1 aliphatic heterocycles. The van der Waals surface area contributed by atoms with Gasteiger partial charge in [0, 0.05) is 25.4 Å². The van der Waals surface area contributed by atoms with Gasteiger partial charge in [-0.05, 0) is 18.2 Å². The summed E-state index contributed by atoms with van der Waals surface area (Å²) in [6, 6.07) is 3.79. The van der Waals surface area contributed by atoms with Gasteiger partial charge in [0.25, 0.3) is 5.91 Å². The highest BCUT2D eigenvalue weighted by Gasteiger charge is 2.15. The molecule has 84 valence electrons. The van der Waals surface area contributed by atoms with Gasteiger partial charge in [0.1, 0.15) is 6.73 Å². The zero-order valence-electron chi connectivity index (χ0n) is 8.99. The Hall–Kier alpha value is -1.88. The van der Waals surface area contributed by atoms with Crippen LogP contribution in [0.3, 0.4) is 0 Å². The topological polar surface area (TPSA) is 63.2 Å². The van der Waals surface area contributed by atoms with Gasteiger partial charge in [-0.2, -0.15) is 0 Å². The number of fused-ring (bicyclic) bond motifs is 1. The van der Waals surface area contributed by atoms with Gasteiger partial charge in [0.05, 0.1) is 11.4 Å². The van der Waals surface area contributed by atoms with E-state index in [1.165, 1.54) is 7.11 Å². The number of ether oxygens (including phenoxy) is 1. The molecular weight excluding hydrogens is 206 g/mol. The molecule has 0 aromatic carbocycles. The molecule has 0 spiro atoms. The zero-order chi connectivity index (χ0) is 11.4. The lowest BCUT2D eigenvalue weighted by Crippen LogP contribution is -2.30. The summed E-state index contributed by atoms with van der Waals surface area (Å²) in [6.45, 7) is 0.722. The summed E-state index contributed by atoms with van der Waals surface area (Å²) < 4.78 is 4.78. The van der Waals surface area contributed by atoms with Crippen LogP contribution in [0.5, 0.6) is 0 Å². The summed E-state index contributed by atoms with van der Waals surface area (Å²) in [5.74, 6) is -0.134. The molecule has 0 atom stereocenters. The molecule has 1 amide bonds. The van der Waals surface area contributed by atoms with Crippen molar-refractivity contribution >= 4 is 17.7 Å². The van der Waals surface area contributed by atoms with E-state index in [0.29, 0.717) is 12.1 Å². The van der Waals surface area contributed by atoms with Crippen LogP contribution >= 0.6 is 0 Å². The van der Waals surface area contributed by atoms with E-state index in [9.17, 15) is 4.79 Å². The average Bonchev–Trinajstić information content (AvgIpc) is 2.35. The molecule has 0 bridgehead atoms. The van der Waals surface area contributed by atoms with Crippen LogP contribution in [0.2, 0.25) is 0 Å². The van der Waals surface area contributed by atoms with Crippen LogP contribution in [0.4, 0.5) is 5.69 Å². The number of amides is 1. The smallest absolute Gasteiger partial charge is 0.250 e. The number of carbonyl (C=O) groups is 1. The normalized spacial score (nSPS) is 13.4. The van der Waals surface area contributed by atoms with Gasteiger partial charge in [-0.3, -0.25) is 9.78 Å². The molecule has 0 fully saturated rings. The summed E-state index contributed by atoms with van der Waals surface area (Å²) in [6.07, 6.45) is 3.49. The lowest BCUT2D eigenvalue weighted by Gasteiger charge is -2.17. The molecule has 5 heteroatoms. The third kappa shape index (κ3) is 2.20. The Morgan fingerprint density at radius 3 is 3.38 bits per heavy atom. The molecule has 0 saturated heterocycles. The van der Waals surface area contributed by atoms with Gasteiger partial charge in [-0.15, -0.1) is 0 Å². The Balaban J connectivity index is 2.14. The molecule has 2 rings (SSSR count). The Bertz CT molecular complexity index is 429. The van der Waals surface area contributed by atoms with Crippen molar-refractivity contribution in [1.82, 2.24) is 10.3 Å². The van der Waals surface area contributed by atoms with Crippen molar-refractivity contribution in [3.05, 3.63) is 29.6 Å². The number of nitrogens with zero attached hydrogens (tertiary/aromatic N) is 1. The fourth-order valence-electron chi connectivity index (χ4n) is 1.49. The fraction of sp³-hybridized carbons (Fsp3) is 0.273. The van der Waals surface area contributed by atoms with Crippen molar-refractivity contribution < 1.29 is 9.53 Å². The maximum Gasteiger partial charge on any atom is 0.250 e. The number of anilines is 1. The predicted molar refractivity (Wildman–Crippen MR) is 60.7 cm³/mol. The molecule has 0 unspecified atom stereocenters. The molecule has 0 radical (unpaired) electrons. The van der Waals surface area contributed by atoms with Crippen molar-refractivity contribution in [2.24, 2.45) is 0 Å². The Morgan fingerprint density at radius 1 is 1.69 bits per heavy atom. The highest BCUT2D eigenvalue weighted by Crippen LogP contribution is 2.20. The van der Waals surface area contributed by atoms with E-state index >= 15 is 0 Å². The minimum absolute atomic E-state index is 0.134. The quantitative estimate of drug-likeness (QED) is 0.731. The molecule has 16 heavy (non-hydrogen) atoms. The highest BCUT2D eigenvalue weighted by molar-refractivity contribution is 6.00. The first kappa shape index (κ1) is 10.6. The van der Waals surface area contributed by atoms with E-state index in [1.807, 2.05) is 12.1 Å². The molecule has 1 aromatic rings. The molecule has 2 N–H and O–H groups in total. The zero-order valence-corrected chi connectivity index (χ0v) is 8.99. The van der Waals surface area contributed by atoms with Crippen molar-refractivity contribution in [3.8, 4) is 0 Å². The number of nitrogens with one attached hydrogen (secondary N) is 2. The van der Waals surface area contributed by atoms with Crippen LogP contribution < -0.4 is 10.6 Å². The maximum absolute atomic E-state index is 11.6. The van der Waals surface area contributed by atoms with Crippen molar-refractivity contribution in [1.29, 1.82) is 0 Å². The molecule has 1 aliphatic rings. The number of aromatic nitrogens is 1. The van der Waals surface area contributed by atoms with Gasteiger partial charge in [-0.25, -0.2) is 0 Å². The first-order chi connectivity index (χ1) is 7.81. The van der Waals surface area contributed by atoms with Crippen LogP contribution in [0, 0.1) is 0 Å². The Labute approximate surface area is 93.5 Å². The summed E-state index contributed by atoms with van der Waals surface area (Å²) in [5, 5.41) is 5.77. The molecule has 0 aliphatic carbocycles. The number of methoxy groups -OCH3 is 1. The second kappa shape index (κ2) is 4.76. The van der Waals surface area contributed by atoms with Gasteiger partial charge in [0.15, 0.2) is 0 Å². The lowest BCUT2D eigenvalue weighted by molar-refractivity contribution is -0.118. The van der Waals surface area contributed by atoms with Gasteiger partial charge < -0.3 is 15.4 Å². The number of hydrogen-bond acceptors (Lipinski definition) is 4. The predicted octanol–water partition coefficient (Wildman–Crippen LogP) is 0.611. The summed E-state index contributed by atoms with van der Waals surface area (Å²) >= 11 is 0. The van der Waals surface area contributed by atoms with E-state index in [0.717, 1.165) is 11.4 Å². The van der Waals surface area contributed by atoms with E-state index in [2.05, 4.69) is 15.6 Å². The van der Waals surface area contributed by atoms with Gasteiger partial charge in [0.2, 0.25) is 0 Å². The second-order valence-electron chi connectivity index (χ2n) is 3.40. The SMILES string of the molecule is COCNC(=O)C1=Cc2ncccc2NC1. The van der Waals surface area contributed by atoms with Gasteiger partial charge >= 0.3 is 0 Å². The standard InChI is InChI=1S/C11H13N3O2/c1-16-7-14-11(15)8-5-10-9(13-6-8)3-2-4-12-10/h2-5,13H,6-7H2,1H3,(H,14,15). The summed E-state index contributed by atoms with van der Waals surface area (Å²) in [7, 11) is 1.53. The molecule has 1 aromatic heterocycles. The van der Waals surface area contributed by atoms with Crippen molar-refractivity contribution in [3.63, 3.8) is 0 Å². The molecule has 2 heterocycles. The van der Waals surface area contributed by atoms with Crippen LogP contribution in [0.1, 0.15) is 5.69 Å². The average molecular weight is 219 g/mol. The Morgan fingerprint density at radius 2 is 2.56 bits per heavy atom. The summed E-state index contributed by atoms with van der Waals surface area (Å²) in [5.41, 5.74) is 2.39. The number of rotatable bonds is 3. The summed E-state index contributed by atoms with van der Waals surface area (Å²) in [4.78, 5) is 15.8. The second-order valence-corrected chi connectivity index (χ2v) is 3.40. The minimum atomic E-state index is -0.134. The molecule has 0 saturated carbocycles. The van der Waals surface area contributed by atoms with E-state index in [-0.39, 0.29) is 12.6 Å². The largest absolute Gasteiger partial charge is 0.379 e. The van der Waals surface area contributed by atoms with Crippen molar-refractivity contribution in [2.45, 2.75) is 0 Å². The molecular formula is C11H13N3O2. The van der Waals surface area contributed by atoms with Crippen LogP contribution in [0.25, 0.3) is 6.08 Å². The molecule has 5 nitrogen and oxygen atoms in total. The highest BCUT2D eigenvalue weighted by atomic mass is 16.5. The third-order valence-electron chi connectivity index (χ3n) is 2.29. The Kier molecular flexibility index (Phi) is 3.16. The van der Waals surface area contributed by atoms with E-state index in [4.69, 9.17) is 4.74 Å². The maximum atomic E-state index is 11.6. The first-order valence-corrected chi connectivity index (χ1v) is 4.98. The minimum Gasteiger partial charge on any atom is -0.379 e. The van der Waals surface area contributed by atoms with E-state index < -0.39 is 0 Å². The monoisotopic (exact) mass is 219 g/mol. The number of carbonyl (C=O) groups excluding carboxylic acids is 1. The first-order valence-electron chi connectivity index (χ1n) is 4.98. The number of hydrogen-bond donors (Lipinski definition) is 2. The van der Waals surface area contributed by atoms with Crippen LogP contribution in [-0.4, -0.2) is 31.3 Å². The fourth-order valence-corrected chi connectivity index (χ4v) is 1.49. The third-order valence-corrected chi connectivity index (χ3v) is 2.29. The van der Waals surface area contributed by atoms with E-state index in [1.54, 1.807) is 12.3 Å². The lowest BCUT2D eigenvalue weighted by atomic mass is 10.1. The van der Waals surface area contributed by atoms with Crippen LogP contribution in [-0.2, 0) is 9.53 Å². The van der Waals surface area contributed by atoms with Crippen molar-refractivity contribution in [2.75, 3.05) is 25.7 Å². The van der Waals surface area contributed by atoms with Gasteiger partial charge in [-0.1, -0.05) is 0 Å². The van der Waals surface area contributed by atoms with Crippen LogP contribution in [0.15, 0.2) is 23.9 Å².